The molecule has 0 radical (unpaired) electrons. The van der Waals surface area contributed by atoms with E-state index < -0.39 is 5.97 Å². The molecule has 0 unspecified atom stereocenters. The summed E-state index contributed by atoms with van der Waals surface area (Å²) in [5.74, 6) is -0.885. The zero-order valence-electron chi connectivity index (χ0n) is 21.4. The number of esters is 1. The summed E-state index contributed by atoms with van der Waals surface area (Å²) in [6.45, 7) is 1.67. The van der Waals surface area contributed by atoms with Gasteiger partial charge in [0.25, 0.3) is 5.91 Å². The smallest absolute Gasteiger partial charge is 0.326 e. The second-order valence-electron chi connectivity index (χ2n) is 8.95. The third-order valence-corrected chi connectivity index (χ3v) is 6.35. The minimum absolute atomic E-state index is 0.00179. The molecule has 0 aliphatic carbocycles. The van der Waals surface area contributed by atoms with Crippen LogP contribution in [-0.2, 0) is 23.0 Å². The molecule has 0 saturated carbocycles. The summed E-state index contributed by atoms with van der Waals surface area (Å²) < 4.78 is 7.00. The van der Waals surface area contributed by atoms with E-state index in [-0.39, 0.29) is 37.1 Å². The lowest BCUT2D eigenvalue weighted by molar-refractivity contribution is -0.141. The van der Waals surface area contributed by atoms with Gasteiger partial charge in [0, 0.05) is 52.9 Å². The second kappa shape index (κ2) is 11.6. The van der Waals surface area contributed by atoms with Crippen LogP contribution in [0.3, 0.4) is 0 Å². The van der Waals surface area contributed by atoms with Crippen molar-refractivity contribution in [3.05, 3.63) is 101 Å². The molecule has 38 heavy (non-hydrogen) atoms. The van der Waals surface area contributed by atoms with Crippen molar-refractivity contribution in [3.63, 3.8) is 0 Å². The molecule has 4 aromatic rings. The van der Waals surface area contributed by atoms with Gasteiger partial charge in [-0.25, -0.2) is 0 Å². The topological polar surface area (TPSA) is 118 Å². The van der Waals surface area contributed by atoms with Crippen molar-refractivity contribution in [1.29, 1.82) is 5.41 Å². The molecule has 0 aliphatic heterocycles. The predicted molar refractivity (Wildman–Crippen MR) is 148 cm³/mol. The summed E-state index contributed by atoms with van der Waals surface area (Å²) in [5, 5.41) is 8.22. The summed E-state index contributed by atoms with van der Waals surface area (Å²) in [7, 11) is 1.87. The summed E-state index contributed by atoms with van der Waals surface area (Å²) >= 11 is 0. The van der Waals surface area contributed by atoms with E-state index in [1.54, 1.807) is 61.7 Å². The number of hydrogen-bond acceptors (Lipinski definition) is 5. The monoisotopic (exact) mass is 510 g/mol. The standard InChI is InChI=1S/C30H30N4O4/c1-3-38-28(36)19-34(30(37)22-7-5-4-6-8-22)23-14-15-26-24(17-23)25(18-33(26)2)27(35)16-11-20-9-12-21(13-10-20)29(31)32/h4-10,12-15,17-18H,3,11,16,19H2,1-2H3,(H3,31,32). The van der Waals surface area contributed by atoms with E-state index in [0.29, 0.717) is 34.2 Å². The Labute approximate surface area is 221 Å². The van der Waals surface area contributed by atoms with Gasteiger partial charge in [-0.2, -0.15) is 0 Å². The number of anilines is 1. The molecule has 0 spiro atoms. The number of Topliss-reactive ketones (excluding diaryl/α,β-unsaturated/α-hetero) is 1. The van der Waals surface area contributed by atoms with Gasteiger partial charge in [-0.3, -0.25) is 24.7 Å². The van der Waals surface area contributed by atoms with E-state index in [1.807, 2.05) is 35.9 Å². The summed E-state index contributed by atoms with van der Waals surface area (Å²) in [6, 6.07) is 21.4. The van der Waals surface area contributed by atoms with Crippen molar-refractivity contribution in [2.45, 2.75) is 19.8 Å². The van der Waals surface area contributed by atoms with Crippen molar-refractivity contribution in [3.8, 4) is 0 Å². The molecule has 0 saturated heterocycles. The molecule has 0 fully saturated rings. The number of ketones is 1. The van der Waals surface area contributed by atoms with Crippen LogP contribution in [0.1, 0.15) is 45.2 Å². The van der Waals surface area contributed by atoms with Crippen molar-refractivity contribution >= 4 is 40.1 Å². The highest BCUT2D eigenvalue weighted by Gasteiger charge is 2.23. The Hall–Kier alpha value is -4.72. The van der Waals surface area contributed by atoms with Gasteiger partial charge in [0.2, 0.25) is 0 Å². The van der Waals surface area contributed by atoms with E-state index in [4.69, 9.17) is 15.9 Å². The molecular weight excluding hydrogens is 480 g/mol. The molecular formula is C30H30N4O4. The third kappa shape index (κ3) is 5.81. The molecule has 3 N–H and O–H groups in total. The van der Waals surface area contributed by atoms with Gasteiger partial charge < -0.3 is 15.0 Å². The molecule has 8 heteroatoms. The maximum absolute atomic E-state index is 13.4. The SMILES string of the molecule is CCOC(=O)CN(C(=O)c1ccccc1)c1ccc2c(c1)c(C(=O)CCc1ccc(C(=N)N)cc1)cn2C. The lowest BCUT2D eigenvalue weighted by atomic mass is 10.0. The predicted octanol–water partition coefficient (Wildman–Crippen LogP) is 4.49. The minimum Gasteiger partial charge on any atom is -0.465 e. The number of rotatable bonds is 10. The van der Waals surface area contributed by atoms with Crippen LogP contribution in [0.25, 0.3) is 10.9 Å². The van der Waals surface area contributed by atoms with E-state index in [2.05, 4.69) is 0 Å². The lowest BCUT2D eigenvalue weighted by Gasteiger charge is -2.22. The number of carbonyl (C=O) groups excluding carboxylic acids is 3. The van der Waals surface area contributed by atoms with Crippen molar-refractivity contribution in [1.82, 2.24) is 4.57 Å². The van der Waals surface area contributed by atoms with E-state index in [0.717, 1.165) is 11.1 Å². The zero-order chi connectivity index (χ0) is 27.2. The molecule has 8 nitrogen and oxygen atoms in total. The normalized spacial score (nSPS) is 10.8. The van der Waals surface area contributed by atoms with Crippen LogP contribution in [0.4, 0.5) is 5.69 Å². The molecule has 3 aromatic carbocycles. The number of amides is 1. The molecule has 194 valence electrons. The van der Waals surface area contributed by atoms with E-state index in [1.165, 1.54) is 4.90 Å². The Morgan fingerprint density at radius 1 is 0.974 bits per heavy atom. The van der Waals surface area contributed by atoms with Crippen LogP contribution in [0, 0.1) is 5.41 Å². The number of fused-ring (bicyclic) bond motifs is 1. The average Bonchev–Trinajstić information content (AvgIpc) is 3.26. The molecule has 1 heterocycles. The maximum Gasteiger partial charge on any atom is 0.326 e. The van der Waals surface area contributed by atoms with Gasteiger partial charge in [-0.1, -0.05) is 42.5 Å². The number of nitrogens with one attached hydrogen (secondary N) is 1. The third-order valence-electron chi connectivity index (χ3n) is 6.35. The second-order valence-corrected chi connectivity index (χ2v) is 8.95. The number of benzene rings is 3. The van der Waals surface area contributed by atoms with Gasteiger partial charge >= 0.3 is 5.97 Å². The van der Waals surface area contributed by atoms with Gasteiger partial charge in [0.15, 0.2) is 5.78 Å². The van der Waals surface area contributed by atoms with E-state index in [9.17, 15) is 14.4 Å². The molecule has 1 amide bonds. The number of aromatic nitrogens is 1. The number of amidine groups is 1. The minimum atomic E-state index is -0.517. The van der Waals surface area contributed by atoms with Gasteiger partial charge in [-0.15, -0.1) is 0 Å². The first-order valence-corrected chi connectivity index (χ1v) is 12.4. The Bertz CT molecular complexity index is 1490. The first-order chi connectivity index (χ1) is 18.3. The van der Waals surface area contributed by atoms with Crippen molar-refractivity contribution in [2.24, 2.45) is 12.8 Å². The molecule has 0 aliphatic rings. The fourth-order valence-electron chi connectivity index (χ4n) is 4.37. The van der Waals surface area contributed by atoms with Crippen molar-refractivity contribution < 1.29 is 19.1 Å². The van der Waals surface area contributed by atoms with Crippen LogP contribution in [0.15, 0.2) is 79.0 Å². The largest absolute Gasteiger partial charge is 0.465 e. The molecule has 4 rings (SSSR count). The highest BCUT2D eigenvalue weighted by Crippen LogP contribution is 2.28. The Morgan fingerprint density at radius 3 is 2.34 bits per heavy atom. The Balaban J connectivity index is 1.64. The number of hydrogen-bond donors (Lipinski definition) is 2. The van der Waals surface area contributed by atoms with Gasteiger partial charge in [-0.05, 0) is 49.2 Å². The van der Waals surface area contributed by atoms with Gasteiger partial charge in [0.05, 0.1) is 6.61 Å². The maximum atomic E-state index is 13.4. The number of ether oxygens (including phenoxy) is 1. The van der Waals surface area contributed by atoms with Crippen LogP contribution in [0.2, 0.25) is 0 Å². The number of nitrogens with zero attached hydrogens (tertiary/aromatic N) is 2. The fourth-order valence-corrected chi connectivity index (χ4v) is 4.37. The summed E-state index contributed by atoms with van der Waals surface area (Å²) in [5.41, 5.74) is 9.46. The zero-order valence-corrected chi connectivity index (χ0v) is 21.4. The highest BCUT2D eigenvalue weighted by atomic mass is 16.5. The van der Waals surface area contributed by atoms with Gasteiger partial charge in [0.1, 0.15) is 12.4 Å². The molecule has 0 atom stereocenters. The van der Waals surface area contributed by atoms with Crippen LogP contribution in [-0.4, -0.2) is 41.2 Å². The van der Waals surface area contributed by atoms with Crippen LogP contribution in [0.5, 0.6) is 0 Å². The fraction of sp³-hybridized carbons (Fsp3) is 0.200. The lowest BCUT2D eigenvalue weighted by Crippen LogP contribution is -2.36. The first-order valence-electron chi connectivity index (χ1n) is 12.4. The summed E-state index contributed by atoms with van der Waals surface area (Å²) in [6.07, 6.45) is 2.62. The number of nitrogens with two attached hydrogens (primary N) is 1. The summed E-state index contributed by atoms with van der Waals surface area (Å²) in [4.78, 5) is 40.5. The molecule has 1 aromatic heterocycles. The quantitative estimate of drug-likeness (QED) is 0.141. The average molecular weight is 511 g/mol. The number of nitrogen functional groups attached to an aromatic ring is 1. The van der Waals surface area contributed by atoms with Crippen LogP contribution < -0.4 is 10.6 Å². The van der Waals surface area contributed by atoms with E-state index >= 15 is 0 Å². The number of carbonyl (C=O) groups is 3. The number of aryl methyl sites for hydroxylation is 2. The Morgan fingerprint density at radius 2 is 1.68 bits per heavy atom. The highest BCUT2D eigenvalue weighted by molar-refractivity contribution is 6.12. The molecule has 0 bridgehead atoms. The van der Waals surface area contributed by atoms with Crippen molar-refractivity contribution in [2.75, 3.05) is 18.1 Å². The Kier molecular flexibility index (Phi) is 8.01. The van der Waals surface area contributed by atoms with Crippen LogP contribution >= 0.6 is 0 Å². The first kappa shape index (κ1) is 26.3.